The van der Waals surface area contributed by atoms with Crippen molar-refractivity contribution < 1.29 is 4.74 Å². The summed E-state index contributed by atoms with van der Waals surface area (Å²) in [7, 11) is 1.65. The third kappa shape index (κ3) is 2.72. The summed E-state index contributed by atoms with van der Waals surface area (Å²) in [6, 6.07) is 15.6. The fourth-order valence-electron chi connectivity index (χ4n) is 2.15. The second-order valence-corrected chi connectivity index (χ2v) is 4.61. The normalized spacial score (nSPS) is 11.6. The van der Waals surface area contributed by atoms with Crippen LogP contribution in [0.3, 0.4) is 0 Å². The van der Waals surface area contributed by atoms with Gasteiger partial charge in [0.1, 0.15) is 5.75 Å². The highest BCUT2D eigenvalue weighted by molar-refractivity contribution is 6.01. The first kappa shape index (κ1) is 13.2. The van der Waals surface area contributed by atoms with Gasteiger partial charge in [-0.15, -0.1) is 0 Å². The molecule has 0 spiro atoms. The van der Waals surface area contributed by atoms with E-state index in [0.717, 1.165) is 28.1 Å². The van der Waals surface area contributed by atoms with Gasteiger partial charge in [-0.3, -0.25) is 0 Å². The zero-order valence-electron chi connectivity index (χ0n) is 11.9. The lowest BCUT2D eigenvalue weighted by molar-refractivity contribution is 0.414. The lowest BCUT2D eigenvalue weighted by Crippen LogP contribution is -2.02. The number of aromatic nitrogens is 2. The molecule has 0 radical (unpaired) electrons. The fraction of sp³-hybridized carbons (Fsp3) is 0.125. The molecule has 2 N–H and O–H groups in total. The number of nitrogens with one attached hydrogen (secondary N) is 2. The number of H-pyrrole nitrogens is 1. The van der Waals surface area contributed by atoms with Gasteiger partial charge in [-0.2, -0.15) is 5.10 Å². The highest BCUT2D eigenvalue weighted by atomic mass is 16.5. The Morgan fingerprint density at radius 1 is 1.14 bits per heavy atom. The lowest BCUT2D eigenvalue weighted by Gasteiger charge is -2.07. The van der Waals surface area contributed by atoms with Gasteiger partial charge in [0.25, 0.3) is 0 Å². The molecule has 3 aromatic rings. The van der Waals surface area contributed by atoms with Crippen LogP contribution in [-0.2, 0) is 0 Å². The van der Waals surface area contributed by atoms with Crippen molar-refractivity contribution in [3.8, 4) is 5.75 Å². The van der Waals surface area contributed by atoms with E-state index in [-0.39, 0.29) is 0 Å². The first-order chi connectivity index (χ1) is 10.3. The van der Waals surface area contributed by atoms with Crippen LogP contribution in [0.15, 0.2) is 53.6 Å². The quantitative estimate of drug-likeness (QED) is 0.568. The van der Waals surface area contributed by atoms with Crippen LogP contribution < -0.4 is 10.2 Å². The number of hydrogen-bond donors (Lipinski definition) is 2. The molecule has 0 fully saturated rings. The smallest absolute Gasteiger partial charge is 0.222 e. The van der Waals surface area contributed by atoms with Crippen molar-refractivity contribution in [2.24, 2.45) is 5.10 Å². The molecule has 0 saturated heterocycles. The Morgan fingerprint density at radius 3 is 2.71 bits per heavy atom. The van der Waals surface area contributed by atoms with Crippen molar-refractivity contribution in [3.63, 3.8) is 0 Å². The van der Waals surface area contributed by atoms with E-state index in [1.165, 1.54) is 0 Å². The van der Waals surface area contributed by atoms with Crippen LogP contribution in [0.4, 0.5) is 5.95 Å². The monoisotopic (exact) mass is 280 g/mol. The van der Waals surface area contributed by atoms with Crippen molar-refractivity contribution in [2.75, 3.05) is 12.5 Å². The van der Waals surface area contributed by atoms with Crippen LogP contribution in [-0.4, -0.2) is 22.8 Å². The molecule has 0 saturated carbocycles. The third-order valence-corrected chi connectivity index (χ3v) is 3.22. The molecule has 1 aromatic heterocycles. The Labute approximate surface area is 122 Å². The van der Waals surface area contributed by atoms with E-state index in [4.69, 9.17) is 4.74 Å². The maximum absolute atomic E-state index is 5.33. The first-order valence-electron chi connectivity index (χ1n) is 6.66. The highest BCUT2D eigenvalue weighted by Gasteiger charge is 2.05. The number of para-hydroxylation sites is 3. The summed E-state index contributed by atoms with van der Waals surface area (Å²) >= 11 is 0. The Kier molecular flexibility index (Phi) is 3.55. The summed E-state index contributed by atoms with van der Waals surface area (Å²) in [5.41, 5.74) is 6.61. The predicted octanol–water partition coefficient (Wildman–Crippen LogP) is 3.41. The number of hydrogen-bond acceptors (Lipinski definition) is 4. The summed E-state index contributed by atoms with van der Waals surface area (Å²) < 4.78 is 5.33. The minimum atomic E-state index is 0.616. The van der Waals surface area contributed by atoms with Crippen LogP contribution in [0.25, 0.3) is 11.0 Å². The average Bonchev–Trinajstić information content (AvgIpc) is 2.95. The molecule has 0 aliphatic carbocycles. The summed E-state index contributed by atoms with van der Waals surface area (Å²) in [6.07, 6.45) is 0. The number of fused-ring (bicyclic) bond motifs is 1. The maximum atomic E-state index is 5.33. The first-order valence-corrected chi connectivity index (χ1v) is 6.66. The molecular formula is C16H16N4O. The molecule has 5 heteroatoms. The molecule has 1 heterocycles. The van der Waals surface area contributed by atoms with Crippen molar-refractivity contribution in [1.29, 1.82) is 0 Å². The number of benzene rings is 2. The molecule has 0 amide bonds. The molecule has 5 nitrogen and oxygen atoms in total. The summed E-state index contributed by atoms with van der Waals surface area (Å²) in [6.45, 7) is 1.92. The second-order valence-electron chi connectivity index (χ2n) is 4.61. The minimum absolute atomic E-state index is 0.616. The Hall–Kier alpha value is -2.82. The summed E-state index contributed by atoms with van der Waals surface area (Å²) in [4.78, 5) is 7.59. The Morgan fingerprint density at radius 2 is 1.90 bits per heavy atom. The summed E-state index contributed by atoms with van der Waals surface area (Å²) in [5.74, 6) is 1.41. The van der Waals surface area contributed by atoms with E-state index in [1.807, 2.05) is 55.5 Å². The van der Waals surface area contributed by atoms with Gasteiger partial charge in [-0.05, 0) is 31.2 Å². The number of nitrogens with zero attached hydrogens (tertiary/aromatic N) is 2. The van der Waals surface area contributed by atoms with Crippen molar-refractivity contribution in [2.45, 2.75) is 6.92 Å². The van der Waals surface area contributed by atoms with Gasteiger partial charge in [-0.25, -0.2) is 10.4 Å². The van der Waals surface area contributed by atoms with Crippen LogP contribution in [0.1, 0.15) is 12.5 Å². The molecule has 0 unspecified atom stereocenters. The number of aromatic amines is 1. The lowest BCUT2D eigenvalue weighted by atomic mass is 10.1. The molecule has 3 rings (SSSR count). The standard InChI is InChI=1S/C16H16N4O/c1-11(12-7-3-6-10-15(12)21-2)19-20-16-17-13-8-4-5-9-14(13)18-16/h3-10H,1-2H3,(H2,17,18,20)/b19-11+. The van der Waals surface area contributed by atoms with E-state index in [0.29, 0.717) is 5.95 Å². The highest BCUT2D eigenvalue weighted by Crippen LogP contribution is 2.18. The number of rotatable bonds is 4. The number of anilines is 1. The number of imidazole rings is 1. The largest absolute Gasteiger partial charge is 0.496 e. The van der Waals surface area contributed by atoms with Crippen LogP contribution in [0.2, 0.25) is 0 Å². The molecule has 0 aliphatic rings. The summed E-state index contributed by atoms with van der Waals surface area (Å²) in [5, 5.41) is 4.36. The topological polar surface area (TPSA) is 62.3 Å². The van der Waals surface area contributed by atoms with Gasteiger partial charge in [0.15, 0.2) is 0 Å². The van der Waals surface area contributed by atoms with Gasteiger partial charge >= 0.3 is 0 Å². The Bertz CT molecular complexity index is 759. The van der Waals surface area contributed by atoms with Gasteiger partial charge < -0.3 is 9.72 Å². The van der Waals surface area contributed by atoms with Gasteiger partial charge in [-0.1, -0.05) is 24.3 Å². The third-order valence-electron chi connectivity index (χ3n) is 3.22. The molecule has 0 atom stereocenters. The second kappa shape index (κ2) is 5.66. The fourth-order valence-corrected chi connectivity index (χ4v) is 2.15. The van der Waals surface area contributed by atoms with E-state index in [2.05, 4.69) is 20.5 Å². The number of hydrazone groups is 1. The Balaban J connectivity index is 1.84. The maximum Gasteiger partial charge on any atom is 0.222 e. The zero-order chi connectivity index (χ0) is 14.7. The molecule has 106 valence electrons. The number of methoxy groups -OCH3 is 1. The van der Waals surface area contributed by atoms with Crippen molar-refractivity contribution in [1.82, 2.24) is 9.97 Å². The molecule has 21 heavy (non-hydrogen) atoms. The minimum Gasteiger partial charge on any atom is -0.496 e. The van der Waals surface area contributed by atoms with Gasteiger partial charge in [0.2, 0.25) is 5.95 Å². The predicted molar refractivity (Wildman–Crippen MR) is 84.9 cm³/mol. The zero-order valence-corrected chi connectivity index (χ0v) is 11.9. The molecule has 0 bridgehead atoms. The van der Waals surface area contributed by atoms with Crippen LogP contribution in [0.5, 0.6) is 5.75 Å². The number of ether oxygens (including phenoxy) is 1. The SMILES string of the molecule is COc1ccccc1/C(C)=N/Nc1nc2ccccc2[nH]1. The molecule has 0 aliphatic heterocycles. The van der Waals surface area contributed by atoms with E-state index >= 15 is 0 Å². The van der Waals surface area contributed by atoms with Crippen LogP contribution in [0, 0.1) is 0 Å². The van der Waals surface area contributed by atoms with Crippen molar-refractivity contribution in [3.05, 3.63) is 54.1 Å². The van der Waals surface area contributed by atoms with E-state index in [1.54, 1.807) is 7.11 Å². The average molecular weight is 280 g/mol. The molecular weight excluding hydrogens is 264 g/mol. The van der Waals surface area contributed by atoms with Gasteiger partial charge in [0, 0.05) is 5.56 Å². The van der Waals surface area contributed by atoms with Crippen LogP contribution >= 0.6 is 0 Å². The van der Waals surface area contributed by atoms with E-state index < -0.39 is 0 Å². The van der Waals surface area contributed by atoms with Gasteiger partial charge in [0.05, 0.1) is 23.9 Å². The van der Waals surface area contributed by atoms with E-state index in [9.17, 15) is 0 Å². The van der Waals surface area contributed by atoms with Crippen molar-refractivity contribution >= 4 is 22.7 Å². The molecule has 2 aromatic carbocycles.